The predicted octanol–water partition coefficient (Wildman–Crippen LogP) is 3.55. The van der Waals surface area contributed by atoms with Gasteiger partial charge in [-0.1, -0.05) is 44.0 Å². The zero-order valence-electron chi connectivity index (χ0n) is 21.4. The van der Waals surface area contributed by atoms with Crippen LogP contribution in [0.1, 0.15) is 69.7 Å². The van der Waals surface area contributed by atoms with Gasteiger partial charge in [-0.05, 0) is 57.7 Å². The van der Waals surface area contributed by atoms with Crippen LogP contribution < -0.4 is 10.6 Å². The van der Waals surface area contributed by atoms with Gasteiger partial charge in [-0.3, -0.25) is 9.59 Å². The molecule has 0 fully saturated rings. The number of hydrogen-bond donors (Lipinski definition) is 3. The molecule has 0 aromatic heterocycles. The number of amides is 3. The van der Waals surface area contributed by atoms with E-state index >= 15 is 0 Å². The molecule has 0 radical (unpaired) electrons. The molecular weight excluding hydrogens is 434 g/mol. The molecule has 3 N–H and O–H groups in total. The van der Waals surface area contributed by atoms with Gasteiger partial charge in [-0.25, -0.2) is 4.79 Å². The lowest BCUT2D eigenvalue weighted by atomic mass is 9.98. The Morgan fingerprint density at radius 2 is 1.85 bits per heavy atom. The first kappa shape index (κ1) is 29.2. The van der Waals surface area contributed by atoms with Gasteiger partial charge in [0.25, 0.3) is 0 Å². The minimum absolute atomic E-state index is 0.0469. The second kappa shape index (κ2) is 13.7. The SMILES string of the molecule is C=CCN(C(=O)C(CO)NC(=O)OC(C)(C)C)C(C(=O)NCCCCC)c1ccc(C)c(C)c1. The standard InChI is InChI=1S/C26H41N3O5/c1-8-10-11-14-27-23(31)22(20-13-12-18(3)19(4)16-20)29(15-9-2)24(32)21(17-30)28-25(33)34-26(5,6)7/h9,12-13,16,21-22,30H,2,8,10-11,14-15,17H2,1,3-7H3,(H,27,31)(H,28,33). The van der Waals surface area contributed by atoms with Crippen molar-refractivity contribution >= 4 is 17.9 Å². The average molecular weight is 476 g/mol. The summed E-state index contributed by atoms with van der Waals surface area (Å²) >= 11 is 0. The van der Waals surface area contributed by atoms with Gasteiger partial charge in [0.1, 0.15) is 17.7 Å². The van der Waals surface area contributed by atoms with Gasteiger partial charge in [0, 0.05) is 13.1 Å². The van der Waals surface area contributed by atoms with Gasteiger partial charge >= 0.3 is 6.09 Å². The number of unbranched alkanes of at least 4 members (excludes halogenated alkanes) is 2. The maximum atomic E-state index is 13.5. The number of benzene rings is 1. The second-order valence-corrected chi connectivity index (χ2v) is 9.41. The lowest BCUT2D eigenvalue weighted by Crippen LogP contribution is -2.54. The molecule has 0 spiro atoms. The zero-order chi connectivity index (χ0) is 25.9. The van der Waals surface area contributed by atoms with Crippen molar-refractivity contribution in [1.82, 2.24) is 15.5 Å². The lowest BCUT2D eigenvalue weighted by molar-refractivity contribution is -0.142. The first-order chi connectivity index (χ1) is 15.9. The van der Waals surface area contributed by atoms with Gasteiger partial charge in [0.05, 0.1) is 6.61 Å². The van der Waals surface area contributed by atoms with Crippen LogP contribution in [0.2, 0.25) is 0 Å². The largest absolute Gasteiger partial charge is 0.444 e. The fourth-order valence-corrected chi connectivity index (χ4v) is 3.39. The molecule has 8 heteroatoms. The van der Waals surface area contributed by atoms with Crippen LogP contribution in [0.4, 0.5) is 4.79 Å². The number of aryl methyl sites for hydroxylation is 2. The second-order valence-electron chi connectivity index (χ2n) is 9.41. The molecule has 3 amide bonds. The summed E-state index contributed by atoms with van der Waals surface area (Å²) in [5, 5.41) is 15.2. The van der Waals surface area contributed by atoms with Crippen molar-refractivity contribution in [3.8, 4) is 0 Å². The molecule has 190 valence electrons. The van der Waals surface area contributed by atoms with Gasteiger partial charge in [0.2, 0.25) is 11.8 Å². The van der Waals surface area contributed by atoms with Gasteiger partial charge < -0.3 is 25.4 Å². The highest BCUT2D eigenvalue weighted by Gasteiger charge is 2.35. The molecule has 0 aliphatic carbocycles. The number of carbonyl (C=O) groups excluding carboxylic acids is 3. The van der Waals surface area contributed by atoms with E-state index in [4.69, 9.17) is 4.74 Å². The molecule has 34 heavy (non-hydrogen) atoms. The summed E-state index contributed by atoms with van der Waals surface area (Å²) in [5.74, 6) is -0.941. The Morgan fingerprint density at radius 3 is 2.38 bits per heavy atom. The quantitative estimate of drug-likeness (QED) is 0.316. The number of rotatable bonds is 12. The third kappa shape index (κ3) is 9.17. The van der Waals surface area contributed by atoms with Crippen molar-refractivity contribution < 1.29 is 24.2 Å². The summed E-state index contributed by atoms with van der Waals surface area (Å²) in [6.45, 7) is 14.7. The van der Waals surface area contributed by atoms with E-state index in [0.717, 1.165) is 30.4 Å². The number of nitrogens with zero attached hydrogens (tertiary/aromatic N) is 1. The molecule has 0 aliphatic heterocycles. The summed E-state index contributed by atoms with van der Waals surface area (Å²) in [7, 11) is 0. The van der Waals surface area contributed by atoms with E-state index in [9.17, 15) is 19.5 Å². The Balaban J connectivity index is 3.30. The molecular formula is C26H41N3O5. The summed E-state index contributed by atoms with van der Waals surface area (Å²) in [5.41, 5.74) is 1.92. The maximum absolute atomic E-state index is 13.5. The zero-order valence-corrected chi connectivity index (χ0v) is 21.4. The number of ether oxygens (including phenoxy) is 1. The molecule has 2 atom stereocenters. The van der Waals surface area contributed by atoms with E-state index in [-0.39, 0.29) is 12.5 Å². The van der Waals surface area contributed by atoms with E-state index in [1.165, 1.54) is 11.0 Å². The molecule has 0 bridgehead atoms. The van der Waals surface area contributed by atoms with Crippen LogP contribution in [0, 0.1) is 13.8 Å². The summed E-state index contributed by atoms with van der Waals surface area (Å²) in [6, 6.07) is 3.36. The smallest absolute Gasteiger partial charge is 0.408 e. The van der Waals surface area contributed by atoms with Gasteiger partial charge in [-0.15, -0.1) is 6.58 Å². The van der Waals surface area contributed by atoms with E-state index in [2.05, 4.69) is 24.1 Å². The molecule has 0 saturated heterocycles. The van der Waals surface area contributed by atoms with Crippen molar-refractivity contribution in [3.63, 3.8) is 0 Å². The van der Waals surface area contributed by atoms with Crippen LogP contribution in [-0.4, -0.2) is 59.3 Å². The van der Waals surface area contributed by atoms with Gasteiger partial charge in [-0.2, -0.15) is 0 Å². The maximum Gasteiger partial charge on any atom is 0.408 e. The topological polar surface area (TPSA) is 108 Å². The van der Waals surface area contributed by atoms with E-state index in [0.29, 0.717) is 12.1 Å². The predicted molar refractivity (Wildman–Crippen MR) is 133 cm³/mol. The molecule has 1 rings (SSSR count). The van der Waals surface area contributed by atoms with E-state index < -0.39 is 36.3 Å². The number of hydrogen-bond acceptors (Lipinski definition) is 5. The Labute approximate surface area is 203 Å². The van der Waals surface area contributed by atoms with E-state index in [1.54, 1.807) is 20.8 Å². The van der Waals surface area contributed by atoms with Crippen molar-refractivity contribution in [1.29, 1.82) is 0 Å². The lowest BCUT2D eigenvalue weighted by Gasteiger charge is -2.33. The number of carbonyl (C=O) groups is 3. The molecule has 0 aliphatic rings. The van der Waals surface area contributed by atoms with Crippen molar-refractivity contribution in [2.24, 2.45) is 0 Å². The molecule has 1 aromatic carbocycles. The number of nitrogens with one attached hydrogen (secondary N) is 2. The summed E-state index contributed by atoms with van der Waals surface area (Å²) in [4.78, 5) is 40.4. The van der Waals surface area contributed by atoms with Crippen molar-refractivity contribution in [2.45, 2.75) is 78.5 Å². The molecule has 1 aromatic rings. The highest BCUT2D eigenvalue weighted by Crippen LogP contribution is 2.25. The van der Waals surface area contributed by atoms with Crippen LogP contribution in [-0.2, 0) is 14.3 Å². The molecule has 0 saturated carbocycles. The monoisotopic (exact) mass is 475 g/mol. The Kier molecular flexibility index (Phi) is 11.8. The molecule has 8 nitrogen and oxygen atoms in total. The first-order valence-electron chi connectivity index (χ1n) is 11.8. The Hall–Kier alpha value is -2.87. The Morgan fingerprint density at radius 1 is 1.18 bits per heavy atom. The molecule has 0 heterocycles. The fourth-order valence-electron chi connectivity index (χ4n) is 3.39. The van der Waals surface area contributed by atoms with Gasteiger partial charge in [0.15, 0.2) is 0 Å². The third-order valence-corrected chi connectivity index (χ3v) is 5.27. The fraction of sp³-hybridized carbons (Fsp3) is 0.577. The highest BCUT2D eigenvalue weighted by molar-refractivity contribution is 5.92. The summed E-state index contributed by atoms with van der Waals surface area (Å²) in [6.07, 6.45) is 3.52. The van der Waals surface area contributed by atoms with Crippen LogP contribution in [0.5, 0.6) is 0 Å². The van der Waals surface area contributed by atoms with Crippen LogP contribution in [0.25, 0.3) is 0 Å². The minimum atomic E-state index is -1.28. The van der Waals surface area contributed by atoms with Crippen molar-refractivity contribution in [2.75, 3.05) is 19.7 Å². The number of aliphatic hydroxyl groups excluding tert-OH is 1. The van der Waals surface area contributed by atoms with E-state index in [1.807, 2.05) is 32.0 Å². The third-order valence-electron chi connectivity index (χ3n) is 5.27. The summed E-state index contributed by atoms with van der Waals surface area (Å²) < 4.78 is 5.23. The Bertz CT molecular complexity index is 847. The number of aliphatic hydroxyl groups is 1. The average Bonchev–Trinajstić information content (AvgIpc) is 2.75. The van der Waals surface area contributed by atoms with Crippen LogP contribution in [0.15, 0.2) is 30.9 Å². The first-order valence-corrected chi connectivity index (χ1v) is 11.8. The normalized spacial score (nSPS) is 12.9. The van der Waals surface area contributed by atoms with Crippen molar-refractivity contribution in [3.05, 3.63) is 47.5 Å². The minimum Gasteiger partial charge on any atom is -0.444 e. The van der Waals surface area contributed by atoms with Crippen LogP contribution >= 0.6 is 0 Å². The molecule has 2 unspecified atom stereocenters. The highest BCUT2D eigenvalue weighted by atomic mass is 16.6. The van der Waals surface area contributed by atoms with Crippen LogP contribution in [0.3, 0.4) is 0 Å². The number of alkyl carbamates (subject to hydrolysis) is 1.